The summed E-state index contributed by atoms with van der Waals surface area (Å²) in [6, 6.07) is 2.41. The molecule has 145 heavy (non-hydrogen) atoms. The number of nitrogens with two attached hydrogens (primary N) is 8. The number of hydrogen-bond acceptors (Lipinski definition) is 27. The first-order valence-electron chi connectivity index (χ1n) is 47.2. The van der Waals surface area contributed by atoms with Crippen molar-refractivity contribution in [1.29, 1.82) is 32.5 Å². The van der Waals surface area contributed by atoms with Gasteiger partial charge in [-0.05, 0) is 189 Å². The lowest BCUT2D eigenvalue weighted by Gasteiger charge is -2.36. The molecule has 0 saturated carbocycles. The number of carbonyl (C=O) groups is 15. The Hall–Kier alpha value is -16.3. The molecule has 0 aromatic heterocycles. The lowest BCUT2D eigenvalue weighted by atomic mass is 9.77. The van der Waals surface area contributed by atoms with Crippen molar-refractivity contribution in [3.8, 4) is 28.7 Å². The van der Waals surface area contributed by atoms with Gasteiger partial charge in [0, 0.05) is 99.5 Å². The molecule has 2 aliphatic heterocycles. The molecule has 0 unspecified atom stereocenters. The number of benzene rings is 4. The zero-order valence-corrected chi connectivity index (χ0v) is 81.2. The van der Waals surface area contributed by atoms with E-state index in [0.29, 0.717) is 40.6 Å². The van der Waals surface area contributed by atoms with Crippen molar-refractivity contribution in [2.45, 2.75) is 207 Å². The van der Waals surface area contributed by atoms with Gasteiger partial charge < -0.3 is 176 Å². The molecule has 4 aromatic rings. The summed E-state index contributed by atoms with van der Waals surface area (Å²) in [5.41, 5.74) is 44.4. The number of hydrogen-bond donors (Lipinski definition) is 36. The summed E-state index contributed by atoms with van der Waals surface area (Å²) < 4.78 is 12.7. The highest BCUT2D eigenvalue weighted by Crippen LogP contribution is 2.57. The summed E-state index contributed by atoms with van der Waals surface area (Å²) in [5, 5.41) is 134. The normalized spacial score (nSPS) is 13.9. The van der Waals surface area contributed by atoms with Crippen molar-refractivity contribution >= 4 is 124 Å². The number of nitrogens with zero attached hydrogens (tertiary/aromatic N) is 1. The Balaban J connectivity index is 1.24. The number of carboxylic acid groups (broad SMARTS) is 1. The van der Waals surface area contributed by atoms with Crippen LogP contribution in [0.25, 0.3) is 0 Å². The Kier molecular flexibility index (Phi) is 47.6. The van der Waals surface area contributed by atoms with Gasteiger partial charge in [-0.2, -0.15) is 0 Å². The predicted octanol–water partition coefficient (Wildman–Crippen LogP) is -6.37. The van der Waals surface area contributed by atoms with Crippen molar-refractivity contribution in [1.82, 2.24) is 95.7 Å². The second-order valence-electron chi connectivity index (χ2n) is 35.7. The van der Waals surface area contributed by atoms with E-state index in [9.17, 15) is 78.0 Å². The molecule has 0 aliphatic carbocycles. The predicted molar refractivity (Wildman–Crippen MR) is 530 cm³/mol. The third kappa shape index (κ3) is 40.7. The number of amides is 13. The maximum absolute atomic E-state index is 15.1. The minimum atomic E-state index is -1.78. The van der Waals surface area contributed by atoms with Crippen LogP contribution in [0, 0.1) is 32.5 Å². The lowest BCUT2D eigenvalue weighted by molar-refractivity contribution is -0.870. The molecule has 1 spiro atoms. The van der Waals surface area contributed by atoms with Gasteiger partial charge in [-0.1, -0.05) is 12.1 Å². The number of nitrogens with one attached hydrogen (secondary N) is 24. The average Bonchev–Trinajstić information content (AvgIpc) is 1.51. The van der Waals surface area contributed by atoms with Gasteiger partial charge in [-0.25, -0.2) is 9.59 Å². The number of carbonyl (C=O) groups excluding carboxylic acids is 14. The van der Waals surface area contributed by atoms with Crippen LogP contribution in [-0.4, -0.2) is 296 Å². The fourth-order valence-electron chi connectivity index (χ4n) is 15.6. The van der Waals surface area contributed by atoms with Gasteiger partial charge in [0.2, 0.25) is 70.9 Å². The van der Waals surface area contributed by atoms with Crippen LogP contribution in [0.15, 0.2) is 78.9 Å². The van der Waals surface area contributed by atoms with Crippen LogP contribution >= 0.6 is 0 Å². The SMILES string of the molecule is C[N+](C)(C)CCCC[C@H](NC(=O)[C@H](CCCNC(=N)N)NC(=O)CNC(=O)[C@H](Cc1ccc(O)cc1)NC(=O)CCNC(=O)c1ccc2c(c1)C1(OC2=O)c2ccc(O)cc2Oc2cc(O)ccc21)C(=O)N[C@@H](CCCCN)C(=O)N[C@@H](CCCNC(=N)N)C(=O)N[C@@H](CCCNC(=N)N)C(=O)N[C@@H](CCC(N)=O)C(=O)N[C@@H](CCCNC(=N)N)C(=O)N[C@@H](CCCNC(=N)N)C(=O)N[C@@H](CCCNC(=N)N)C(=O)O. The largest absolute Gasteiger partial charge is 0.508 e. The van der Waals surface area contributed by atoms with E-state index >= 15 is 14.4 Å². The molecule has 13 amide bonds. The van der Waals surface area contributed by atoms with Crippen molar-refractivity contribution < 1.29 is 106 Å². The summed E-state index contributed by atoms with van der Waals surface area (Å²) in [5.74, 6) is -17.6. The van der Waals surface area contributed by atoms with E-state index < -0.39 is 210 Å². The smallest absolute Gasteiger partial charge is 0.340 e. The van der Waals surface area contributed by atoms with E-state index in [1.807, 2.05) is 21.1 Å². The summed E-state index contributed by atoms with van der Waals surface area (Å²) in [6.07, 6.45) is -2.12. The van der Waals surface area contributed by atoms with Gasteiger partial charge >= 0.3 is 11.9 Å². The van der Waals surface area contributed by atoms with Crippen LogP contribution in [0.2, 0.25) is 0 Å². The van der Waals surface area contributed by atoms with E-state index in [4.69, 9.17) is 87.8 Å². The molecule has 54 nitrogen and oxygen atoms in total. The van der Waals surface area contributed by atoms with E-state index in [1.165, 1.54) is 78.9 Å². The van der Waals surface area contributed by atoms with Gasteiger partial charge in [-0.3, -0.25) is 94.8 Å². The number of ether oxygens (including phenoxy) is 2. The zero-order chi connectivity index (χ0) is 107. The Labute approximate surface area is 836 Å². The van der Waals surface area contributed by atoms with Crippen LogP contribution in [0.4, 0.5) is 0 Å². The Bertz CT molecular complexity index is 5200. The van der Waals surface area contributed by atoms with Gasteiger partial charge in [0.1, 0.15) is 89.2 Å². The molecule has 44 N–H and O–H groups in total. The zero-order valence-electron chi connectivity index (χ0n) is 81.2. The second kappa shape index (κ2) is 58.8. The van der Waals surface area contributed by atoms with Crippen molar-refractivity contribution in [2.24, 2.45) is 45.9 Å². The number of guanidine groups is 6. The topological polar surface area (TPSA) is 923 Å². The van der Waals surface area contributed by atoms with Gasteiger partial charge in [0.05, 0.1) is 39.8 Å². The van der Waals surface area contributed by atoms with E-state index in [1.54, 1.807) is 0 Å². The molecular formula is C91H140N33O21+. The monoisotopic (exact) mass is 2030 g/mol. The number of aromatic hydroxyl groups is 3. The maximum atomic E-state index is 15.1. The molecule has 794 valence electrons. The summed E-state index contributed by atoms with van der Waals surface area (Å²) >= 11 is 0. The van der Waals surface area contributed by atoms with Crippen molar-refractivity contribution in [2.75, 3.05) is 86.6 Å². The Morgan fingerprint density at radius 2 is 0.703 bits per heavy atom. The van der Waals surface area contributed by atoms with E-state index in [0.717, 1.165) is 0 Å². The molecule has 4 aromatic carbocycles. The fraction of sp³-hybridized carbons (Fsp3) is 0.505. The van der Waals surface area contributed by atoms with Crippen LogP contribution in [0.3, 0.4) is 0 Å². The number of aliphatic carboxylic acids is 1. The Morgan fingerprint density at radius 3 is 1.07 bits per heavy atom. The first kappa shape index (κ1) is 117. The number of phenols is 3. The number of quaternary nitrogens is 1. The van der Waals surface area contributed by atoms with Gasteiger partial charge in [-0.15, -0.1) is 0 Å². The minimum absolute atomic E-state index is 0.00410. The minimum Gasteiger partial charge on any atom is -0.508 e. The molecule has 0 saturated heterocycles. The number of rotatable bonds is 64. The maximum Gasteiger partial charge on any atom is 0.340 e. The standard InChI is InChI=1S/C91H139N33O21/c1-124(2,3)43-7-5-15-60(116-75(133)58(16-8-36-107-85(94)95)114-72(130)48-113-74(132)67(44-49-22-25-51(125)26-23-49)115-71(129)34-42-106-73(131)50-24-29-54-57(45-50)91(145-84(54)143)55-30-27-52(126)46-68(55)144-69-47-53(127)28-31-56(69)91)77(135)117-59(14-4-6-35-92)76(134)118-61(17-9-37-108-86(96)97)78(136)119-63(19-11-39-110-88(100)101)80(138)122-65(32-33-70(93)128)82(140)121-62(18-10-38-109-87(98)99)79(137)120-64(20-12-40-111-89(102)103)81(139)123-66(83(141)142)21-13-41-112-90(104)105/h22-31,45-47,58-67H,4-21,32-44,48,92H2,1-3H3,(H41-,93,94,95,96,97,98,99,100,101,102,103,104,105,106,107,108,109,110,111,112,113,114,115,116,117,118,119,120,121,122,123,125,126,127,128,129,130,131,132,133,134,135,136,137,138,139,140,141,142)/p+1/t58-,59-,60-,61-,62-,63-,64-,65-,66-,67-/m0/s1. The van der Waals surface area contributed by atoms with Gasteiger partial charge in [0.25, 0.3) is 5.91 Å². The molecule has 10 atom stereocenters. The molecule has 0 fully saturated rings. The second-order valence-corrected chi connectivity index (χ2v) is 35.7. The highest BCUT2D eigenvalue weighted by atomic mass is 16.6. The van der Waals surface area contributed by atoms with Crippen LogP contribution in [0.1, 0.15) is 178 Å². The lowest BCUT2D eigenvalue weighted by Crippen LogP contribution is -2.60. The molecule has 2 heterocycles. The molecular weight excluding hydrogens is 1890 g/mol. The molecule has 2 aliphatic rings. The van der Waals surface area contributed by atoms with Gasteiger partial charge in [0.15, 0.2) is 41.4 Å². The van der Waals surface area contributed by atoms with Crippen LogP contribution in [0.5, 0.6) is 28.7 Å². The number of fused-ring (bicyclic) bond motifs is 6. The molecule has 0 bridgehead atoms. The Morgan fingerprint density at radius 1 is 0.359 bits per heavy atom. The summed E-state index contributed by atoms with van der Waals surface area (Å²) in [6.45, 7) is -0.615. The number of phenolic OH excluding ortho intramolecular Hbond substituents is 3. The van der Waals surface area contributed by atoms with Crippen LogP contribution < -0.4 is 146 Å². The van der Waals surface area contributed by atoms with E-state index in [-0.39, 0.29) is 213 Å². The van der Waals surface area contributed by atoms with Crippen molar-refractivity contribution in [3.63, 3.8) is 0 Å². The first-order valence-corrected chi connectivity index (χ1v) is 47.2. The van der Waals surface area contributed by atoms with Crippen LogP contribution in [-0.2, 0) is 79.1 Å². The number of primary amides is 1. The summed E-state index contributed by atoms with van der Waals surface area (Å²) in [7, 11) is 5.79. The quantitative estimate of drug-likeness (QED) is 0.00643. The molecule has 0 radical (unpaired) electrons. The highest BCUT2D eigenvalue weighted by Gasteiger charge is 2.54. The highest BCUT2D eigenvalue weighted by molar-refractivity contribution is 6.03. The number of carboxylic acids is 1. The first-order chi connectivity index (χ1) is 68.7. The number of unbranched alkanes of at least 4 members (excludes halogenated alkanes) is 2. The molecule has 6 rings (SSSR count). The molecule has 54 heteroatoms. The van der Waals surface area contributed by atoms with E-state index in [2.05, 4.69) is 95.7 Å². The third-order valence-corrected chi connectivity index (χ3v) is 22.9. The summed E-state index contributed by atoms with van der Waals surface area (Å²) in [4.78, 5) is 214. The average molecular weight is 2030 g/mol. The number of esters is 1. The van der Waals surface area contributed by atoms with Crippen molar-refractivity contribution in [3.05, 3.63) is 112 Å². The fourth-order valence-corrected chi connectivity index (χ4v) is 15.6. The third-order valence-electron chi connectivity index (χ3n) is 22.9.